The van der Waals surface area contributed by atoms with Gasteiger partial charge in [-0.3, -0.25) is 9.59 Å². The molecule has 0 saturated heterocycles. The number of aryl methyl sites for hydroxylation is 1. The molecule has 0 aliphatic carbocycles. The summed E-state index contributed by atoms with van der Waals surface area (Å²) in [6, 6.07) is 13.6. The molecule has 2 aromatic carbocycles. The smallest absolute Gasteiger partial charge is 0.221 e. The molecule has 1 N–H and O–H groups in total. The second kappa shape index (κ2) is 9.56. The molecule has 0 fully saturated rings. The first kappa shape index (κ1) is 19.4. The van der Waals surface area contributed by atoms with E-state index >= 15 is 0 Å². The SMILES string of the molecule is C=CCc1c(NC(C)=O)ccc(C(C)=O)c1OCCCc1ccccc1. The van der Waals surface area contributed by atoms with Crippen molar-refractivity contribution >= 4 is 17.4 Å². The van der Waals surface area contributed by atoms with Crippen molar-refractivity contribution in [2.75, 3.05) is 11.9 Å². The molecule has 0 heterocycles. The van der Waals surface area contributed by atoms with E-state index in [1.165, 1.54) is 19.4 Å². The van der Waals surface area contributed by atoms with E-state index in [0.717, 1.165) is 18.4 Å². The lowest BCUT2D eigenvalue weighted by Crippen LogP contribution is -2.12. The zero-order valence-corrected chi connectivity index (χ0v) is 15.4. The first-order valence-electron chi connectivity index (χ1n) is 8.75. The van der Waals surface area contributed by atoms with Crippen molar-refractivity contribution in [3.63, 3.8) is 0 Å². The van der Waals surface area contributed by atoms with Crippen molar-refractivity contribution in [3.05, 3.63) is 71.8 Å². The summed E-state index contributed by atoms with van der Waals surface area (Å²) in [5.41, 5.74) is 3.21. The highest BCUT2D eigenvalue weighted by Crippen LogP contribution is 2.32. The minimum Gasteiger partial charge on any atom is -0.492 e. The quantitative estimate of drug-likeness (QED) is 0.408. The molecule has 0 bridgehead atoms. The third-order valence-electron chi connectivity index (χ3n) is 4.00. The molecule has 0 radical (unpaired) electrons. The summed E-state index contributed by atoms with van der Waals surface area (Å²) in [4.78, 5) is 23.5. The van der Waals surface area contributed by atoms with E-state index in [9.17, 15) is 9.59 Å². The molecule has 4 heteroatoms. The van der Waals surface area contributed by atoms with Crippen LogP contribution in [-0.2, 0) is 17.6 Å². The third kappa shape index (κ3) is 5.31. The van der Waals surface area contributed by atoms with Gasteiger partial charge >= 0.3 is 0 Å². The van der Waals surface area contributed by atoms with Crippen LogP contribution in [0.15, 0.2) is 55.1 Å². The highest BCUT2D eigenvalue weighted by atomic mass is 16.5. The molecule has 26 heavy (non-hydrogen) atoms. The van der Waals surface area contributed by atoms with Gasteiger partial charge in [0.2, 0.25) is 5.91 Å². The molecule has 0 spiro atoms. The number of nitrogens with one attached hydrogen (secondary N) is 1. The Hall–Kier alpha value is -2.88. The van der Waals surface area contributed by atoms with Crippen molar-refractivity contribution < 1.29 is 14.3 Å². The number of carbonyl (C=O) groups is 2. The lowest BCUT2D eigenvalue weighted by molar-refractivity contribution is -0.114. The third-order valence-corrected chi connectivity index (χ3v) is 4.00. The number of ketones is 1. The summed E-state index contributed by atoms with van der Waals surface area (Å²) in [5, 5.41) is 2.80. The first-order chi connectivity index (χ1) is 12.5. The zero-order chi connectivity index (χ0) is 18.9. The number of hydrogen-bond acceptors (Lipinski definition) is 3. The highest BCUT2D eigenvalue weighted by Gasteiger charge is 2.17. The maximum atomic E-state index is 12.0. The van der Waals surface area contributed by atoms with Crippen LogP contribution in [0.3, 0.4) is 0 Å². The van der Waals surface area contributed by atoms with Crippen LogP contribution in [0.1, 0.15) is 41.8 Å². The van der Waals surface area contributed by atoms with E-state index in [4.69, 9.17) is 4.74 Å². The van der Waals surface area contributed by atoms with Crippen molar-refractivity contribution in [1.29, 1.82) is 0 Å². The standard InChI is InChI=1S/C22H25NO3/c1-4-9-20-21(23-17(3)25)14-13-19(16(2)24)22(20)26-15-8-12-18-10-6-5-7-11-18/h4-7,10-11,13-14H,1,8-9,12,15H2,2-3H3,(H,23,25). The Kier molecular flexibility index (Phi) is 7.15. The average Bonchev–Trinajstić information content (AvgIpc) is 2.61. The van der Waals surface area contributed by atoms with E-state index in [2.05, 4.69) is 24.0 Å². The van der Waals surface area contributed by atoms with Gasteiger partial charge in [-0.2, -0.15) is 0 Å². The average molecular weight is 351 g/mol. The Morgan fingerprint density at radius 1 is 1.12 bits per heavy atom. The van der Waals surface area contributed by atoms with Gasteiger partial charge in [-0.25, -0.2) is 0 Å². The van der Waals surface area contributed by atoms with Gasteiger partial charge in [0.15, 0.2) is 5.78 Å². The van der Waals surface area contributed by atoms with Gasteiger partial charge in [-0.05, 0) is 43.9 Å². The molecular weight excluding hydrogens is 326 g/mol. The number of amides is 1. The van der Waals surface area contributed by atoms with Crippen LogP contribution < -0.4 is 10.1 Å². The van der Waals surface area contributed by atoms with Crippen LogP contribution in [0.4, 0.5) is 5.69 Å². The summed E-state index contributed by atoms with van der Waals surface area (Å²) in [6.07, 6.45) is 3.98. The number of Topliss-reactive ketones (excluding diaryl/α,β-unsaturated/α-hetero) is 1. The summed E-state index contributed by atoms with van der Waals surface area (Å²) < 4.78 is 6.01. The molecule has 0 aliphatic heterocycles. The van der Waals surface area contributed by atoms with Crippen LogP contribution in [0, 0.1) is 0 Å². The predicted octanol–water partition coefficient (Wildman–Crippen LogP) is 4.59. The maximum Gasteiger partial charge on any atom is 0.221 e. The van der Waals surface area contributed by atoms with Gasteiger partial charge in [0, 0.05) is 18.2 Å². The highest BCUT2D eigenvalue weighted by molar-refractivity contribution is 5.99. The number of hydrogen-bond donors (Lipinski definition) is 1. The van der Waals surface area contributed by atoms with E-state index in [0.29, 0.717) is 30.0 Å². The second-order valence-corrected chi connectivity index (χ2v) is 6.14. The fourth-order valence-electron chi connectivity index (χ4n) is 2.82. The van der Waals surface area contributed by atoms with Gasteiger partial charge in [0.05, 0.1) is 12.2 Å². The van der Waals surface area contributed by atoms with Gasteiger partial charge in [-0.15, -0.1) is 6.58 Å². The molecule has 4 nitrogen and oxygen atoms in total. The lowest BCUT2D eigenvalue weighted by atomic mass is 10.0. The van der Waals surface area contributed by atoms with E-state index < -0.39 is 0 Å². The molecule has 0 atom stereocenters. The Balaban J connectivity index is 2.20. The molecule has 0 aromatic heterocycles. The molecule has 0 unspecified atom stereocenters. The summed E-state index contributed by atoms with van der Waals surface area (Å²) in [7, 11) is 0. The largest absolute Gasteiger partial charge is 0.492 e. The van der Waals surface area contributed by atoms with Crippen molar-refractivity contribution in [3.8, 4) is 5.75 Å². The van der Waals surface area contributed by atoms with Gasteiger partial charge < -0.3 is 10.1 Å². The first-order valence-corrected chi connectivity index (χ1v) is 8.75. The molecular formula is C22H25NO3. The number of rotatable bonds is 9. The minimum atomic E-state index is -0.166. The fraction of sp³-hybridized carbons (Fsp3) is 0.273. The zero-order valence-electron chi connectivity index (χ0n) is 15.4. The Morgan fingerprint density at radius 2 is 1.85 bits per heavy atom. The topological polar surface area (TPSA) is 55.4 Å². The van der Waals surface area contributed by atoms with E-state index in [1.807, 2.05) is 18.2 Å². The maximum absolute atomic E-state index is 12.0. The van der Waals surface area contributed by atoms with Crippen LogP contribution >= 0.6 is 0 Å². The number of allylic oxidation sites excluding steroid dienone is 1. The van der Waals surface area contributed by atoms with Crippen LogP contribution in [-0.4, -0.2) is 18.3 Å². The minimum absolute atomic E-state index is 0.0669. The van der Waals surface area contributed by atoms with Crippen LogP contribution in [0.2, 0.25) is 0 Å². The van der Waals surface area contributed by atoms with Gasteiger partial charge in [0.1, 0.15) is 5.75 Å². The fourth-order valence-corrected chi connectivity index (χ4v) is 2.82. The van der Waals surface area contributed by atoms with Gasteiger partial charge in [-0.1, -0.05) is 36.4 Å². The lowest BCUT2D eigenvalue weighted by Gasteiger charge is -2.18. The molecule has 136 valence electrons. The summed E-state index contributed by atoms with van der Waals surface area (Å²) >= 11 is 0. The molecule has 0 aliphatic rings. The summed E-state index contributed by atoms with van der Waals surface area (Å²) in [6.45, 7) is 7.23. The number of carbonyl (C=O) groups excluding carboxylic acids is 2. The molecule has 0 saturated carbocycles. The predicted molar refractivity (Wildman–Crippen MR) is 105 cm³/mol. The Morgan fingerprint density at radius 3 is 2.46 bits per heavy atom. The van der Waals surface area contributed by atoms with Crippen molar-refractivity contribution in [1.82, 2.24) is 0 Å². The number of benzene rings is 2. The van der Waals surface area contributed by atoms with Gasteiger partial charge in [0.25, 0.3) is 0 Å². The molecule has 1 amide bonds. The number of ether oxygens (including phenoxy) is 1. The molecule has 2 rings (SSSR count). The normalized spacial score (nSPS) is 10.2. The van der Waals surface area contributed by atoms with E-state index in [1.54, 1.807) is 18.2 Å². The number of anilines is 1. The Bertz CT molecular complexity index is 781. The van der Waals surface area contributed by atoms with Crippen molar-refractivity contribution in [2.45, 2.75) is 33.1 Å². The summed E-state index contributed by atoms with van der Waals surface area (Å²) in [5.74, 6) is 0.306. The monoisotopic (exact) mass is 351 g/mol. The van der Waals surface area contributed by atoms with Crippen LogP contribution in [0.25, 0.3) is 0 Å². The van der Waals surface area contributed by atoms with E-state index in [-0.39, 0.29) is 11.7 Å². The Labute approximate surface area is 154 Å². The second-order valence-electron chi connectivity index (χ2n) is 6.14. The van der Waals surface area contributed by atoms with Crippen LogP contribution in [0.5, 0.6) is 5.75 Å². The van der Waals surface area contributed by atoms with Crippen molar-refractivity contribution in [2.24, 2.45) is 0 Å². The molecule has 2 aromatic rings.